The standard InChI is InChI=1S/C3H4O3.C2H4/c1-2-6-3(4)5;1-2/h2H,1H2,(H,4,5);1-2H2. The Balaban J connectivity index is 0. The van der Waals surface area contributed by atoms with Gasteiger partial charge in [0.15, 0.2) is 0 Å². The third-order valence-electron chi connectivity index (χ3n) is 0.184. The van der Waals surface area contributed by atoms with Gasteiger partial charge in [-0.1, -0.05) is 6.58 Å². The fourth-order valence-electron chi connectivity index (χ4n) is 0.0713. The van der Waals surface area contributed by atoms with Crippen LogP contribution in [0.2, 0.25) is 0 Å². The molecule has 0 radical (unpaired) electrons. The number of hydrogen-bond acceptors (Lipinski definition) is 2. The normalized spacial score (nSPS) is 5.50. The molecule has 46 valence electrons. The predicted molar refractivity (Wildman–Crippen MR) is 30.6 cm³/mol. The minimum absolute atomic E-state index is 0.850. The fourth-order valence-corrected chi connectivity index (χ4v) is 0.0713. The topological polar surface area (TPSA) is 46.5 Å². The van der Waals surface area contributed by atoms with E-state index in [1.54, 1.807) is 0 Å². The van der Waals surface area contributed by atoms with Crippen molar-refractivity contribution in [2.45, 2.75) is 0 Å². The molecule has 0 unspecified atom stereocenters. The van der Waals surface area contributed by atoms with Crippen LogP contribution in [0.25, 0.3) is 0 Å². The quantitative estimate of drug-likeness (QED) is 0.321. The van der Waals surface area contributed by atoms with E-state index in [-0.39, 0.29) is 0 Å². The molecular weight excluding hydrogens is 108 g/mol. The average molecular weight is 116 g/mol. The van der Waals surface area contributed by atoms with Crippen LogP contribution in [-0.2, 0) is 4.74 Å². The largest absolute Gasteiger partial charge is 0.510 e. The van der Waals surface area contributed by atoms with Gasteiger partial charge >= 0.3 is 6.16 Å². The van der Waals surface area contributed by atoms with E-state index in [1.165, 1.54) is 0 Å². The van der Waals surface area contributed by atoms with Gasteiger partial charge in [-0.15, -0.1) is 13.2 Å². The molecule has 0 aliphatic rings. The van der Waals surface area contributed by atoms with Crippen LogP contribution in [-0.4, -0.2) is 11.3 Å². The Labute approximate surface area is 47.9 Å². The first-order valence-electron chi connectivity index (χ1n) is 1.78. The lowest BCUT2D eigenvalue weighted by molar-refractivity contribution is 0.128. The van der Waals surface area contributed by atoms with Crippen LogP contribution >= 0.6 is 0 Å². The summed E-state index contributed by atoms with van der Waals surface area (Å²) >= 11 is 0. The fraction of sp³-hybridized carbons (Fsp3) is 0. The third-order valence-corrected chi connectivity index (χ3v) is 0.184. The molecule has 0 aromatic carbocycles. The highest BCUT2D eigenvalue weighted by atomic mass is 16.7. The van der Waals surface area contributed by atoms with E-state index >= 15 is 0 Å². The van der Waals surface area contributed by atoms with Crippen molar-refractivity contribution in [1.29, 1.82) is 0 Å². The van der Waals surface area contributed by atoms with Gasteiger partial charge in [0.25, 0.3) is 0 Å². The van der Waals surface area contributed by atoms with Crippen LogP contribution in [0.1, 0.15) is 0 Å². The van der Waals surface area contributed by atoms with Gasteiger partial charge in [0.2, 0.25) is 0 Å². The van der Waals surface area contributed by atoms with Crippen molar-refractivity contribution in [2.24, 2.45) is 0 Å². The van der Waals surface area contributed by atoms with Gasteiger partial charge in [-0.3, -0.25) is 0 Å². The maximum Gasteiger partial charge on any atom is 0.510 e. The van der Waals surface area contributed by atoms with Crippen LogP contribution in [0.3, 0.4) is 0 Å². The van der Waals surface area contributed by atoms with Crippen LogP contribution in [0.5, 0.6) is 0 Å². The molecule has 3 nitrogen and oxygen atoms in total. The number of ether oxygens (including phenoxy) is 1. The second-order valence-corrected chi connectivity index (χ2v) is 0.550. The summed E-state index contributed by atoms with van der Waals surface area (Å²) in [6, 6.07) is 0. The highest BCUT2D eigenvalue weighted by Gasteiger charge is 1.84. The maximum atomic E-state index is 9.31. The van der Waals surface area contributed by atoms with Crippen molar-refractivity contribution >= 4 is 6.16 Å². The number of carbonyl (C=O) groups is 1. The van der Waals surface area contributed by atoms with Gasteiger partial charge in [0.1, 0.15) is 0 Å². The average Bonchev–Trinajstić information content (AvgIpc) is 1.72. The van der Waals surface area contributed by atoms with Crippen LogP contribution in [0.15, 0.2) is 26.0 Å². The zero-order valence-electron chi connectivity index (χ0n) is 4.46. The van der Waals surface area contributed by atoms with Crippen LogP contribution in [0.4, 0.5) is 4.79 Å². The molecule has 3 heteroatoms. The van der Waals surface area contributed by atoms with Gasteiger partial charge in [0, 0.05) is 0 Å². The maximum absolute atomic E-state index is 9.31. The van der Waals surface area contributed by atoms with Crippen molar-refractivity contribution in [3.05, 3.63) is 26.0 Å². The Hall–Kier alpha value is -1.25. The monoisotopic (exact) mass is 116 g/mol. The molecule has 8 heavy (non-hydrogen) atoms. The summed E-state index contributed by atoms with van der Waals surface area (Å²) in [5, 5.41) is 7.62. The third kappa shape index (κ3) is 21.8. The molecule has 0 amide bonds. The second kappa shape index (κ2) is 9.23. The summed E-state index contributed by atoms with van der Waals surface area (Å²) in [5.74, 6) is 0. The van der Waals surface area contributed by atoms with E-state index in [0.29, 0.717) is 0 Å². The zero-order chi connectivity index (χ0) is 6.99. The molecule has 0 atom stereocenters. The Morgan fingerprint density at radius 1 is 1.62 bits per heavy atom. The van der Waals surface area contributed by atoms with E-state index in [2.05, 4.69) is 24.5 Å². The van der Waals surface area contributed by atoms with E-state index in [1.807, 2.05) is 0 Å². The molecule has 0 fully saturated rings. The van der Waals surface area contributed by atoms with E-state index in [9.17, 15) is 4.79 Å². The van der Waals surface area contributed by atoms with Crippen molar-refractivity contribution in [2.75, 3.05) is 0 Å². The molecule has 0 spiro atoms. The Kier molecular flexibility index (Phi) is 11.4. The zero-order valence-corrected chi connectivity index (χ0v) is 4.46. The molecule has 1 N–H and O–H groups in total. The van der Waals surface area contributed by atoms with Crippen molar-refractivity contribution in [3.8, 4) is 0 Å². The van der Waals surface area contributed by atoms with E-state index in [4.69, 9.17) is 5.11 Å². The summed E-state index contributed by atoms with van der Waals surface area (Å²) in [4.78, 5) is 9.31. The molecule has 0 aromatic heterocycles. The lowest BCUT2D eigenvalue weighted by Crippen LogP contribution is -1.89. The first kappa shape index (κ1) is 9.89. The van der Waals surface area contributed by atoms with Crippen LogP contribution in [0, 0.1) is 0 Å². The molecule has 0 aromatic rings. The van der Waals surface area contributed by atoms with Gasteiger partial charge in [-0.05, 0) is 0 Å². The first-order chi connectivity index (χ1) is 3.77. The van der Waals surface area contributed by atoms with E-state index < -0.39 is 6.16 Å². The summed E-state index contributed by atoms with van der Waals surface area (Å²) in [7, 11) is 0. The molecule has 0 aliphatic carbocycles. The molecular formula is C5H8O3. The van der Waals surface area contributed by atoms with Crippen LogP contribution < -0.4 is 0 Å². The Morgan fingerprint density at radius 2 is 2.00 bits per heavy atom. The lowest BCUT2D eigenvalue weighted by Gasteiger charge is -1.81. The second-order valence-electron chi connectivity index (χ2n) is 0.550. The molecule has 0 bridgehead atoms. The summed E-state index contributed by atoms with van der Waals surface area (Å²) in [5.41, 5.74) is 0. The molecule has 0 saturated carbocycles. The van der Waals surface area contributed by atoms with Gasteiger partial charge in [-0.2, -0.15) is 0 Å². The minimum atomic E-state index is -1.33. The van der Waals surface area contributed by atoms with Crippen molar-refractivity contribution < 1.29 is 14.6 Å². The lowest BCUT2D eigenvalue weighted by atomic mass is 11.1. The summed E-state index contributed by atoms with van der Waals surface area (Å²) < 4.78 is 3.72. The van der Waals surface area contributed by atoms with Crippen molar-refractivity contribution in [3.63, 3.8) is 0 Å². The molecule has 0 heterocycles. The van der Waals surface area contributed by atoms with E-state index in [0.717, 1.165) is 6.26 Å². The summed E-state index contributed by atoms with van der Waals surface area (Å²) in [6.07, 6.45) is -0.479. The highest BCUT2D eigenvalue weighted by Crippen LogP contribution is 1.70. The minimum Gasteiger partial charge on any atom is -0.449 e. The Bertz CT molecular complexity index is 77.7. The highest BCUT2D eigenvalue weighted by molar-refractivity contribution is 5.57. The van der Waals surface area contributed by atoms with Gasteiger partial charge < -0.3 is 9.84 Å². The number of hydrogen-bond donors (Lipinski definition) is 1. The molecule has 0 rings (SSSR count). The van der Waals surface area contributed by atoms with Gasteiger partial charge in [-0.25, -0.2) is 4.79 Å². The SMILES string of the molecule is C=C.C=COC(=O)O. The Morgan fingerprint density at radius 3 is 2.00 bits per heavy atom. The molecule has 0 aliphatic heterocycles. The number of carboxylic acid groups (broad SMARTS) is 1. The molecule has 0 saturated heterocycles. The predicted octanol–water partition coefficient (Wildman–Crippen LogP) is 1.63. The van der Waals surface area contributed by atoms with Gasteiger partial charge in [0.05, 0.1) is 6.26 Å². The summed E-state index contributed by atoms with van der Waals surface area (Å²) in [6.45, 7) is 9.00. The first-order valence-corrected chi connectivity index (χ1v) is 1.78. The smallest absolute Gasteiger partial charge is 0.449 e. The van der Waals surface area contributed by atoms with Crippen molar-refractivity contribution in [1.82, 2.24) is 0 Å². The number of rotatable bonds is 1.